The summed E-state index contributed by atoms with van der Waals surface area (Å²) in [6.07, 6.45) is 0.897. The van der Waals surface area contributed by atoms with Gasteiger partial charge >= 0.3 is 0 Å². The maximum Gasteiger partial charge on any atom is 0.292 e. The van der Waals surface area contributed by atoms with E-state index < -0.39 is 4.92 Å². The zero-order valence-electron chi connectivity index (χ0n) is 9.69. The van der Waals surface area contributed by atoms with E-state index in [1.807, 2.05) is 13.8 Å². The Kier molecular flexibility index (Phi) is 4.10. The van der Waals surface area contributed by atoms with E-state index in [-0.39, 0.29) is 11.7 Å². The fourth-order valence-electron chi connectivity index (χ4n) is 1.28. The van der Waals surface area contributed by atoms with Gasteiger partial charge in [-0.1, -0.05) is 6.92 Å². The lowest BCUT2D eigenvalue weighted by Gasteiger charge is -2.13. The Morgan fingerprint density at radius 2 is 2.25 bits per heavy atom. The number of benzene rings is 1. The molecule has 1 aromatic rings. The maximum atomic E-state index is 10.8. The second-order valence-electron chi connectivity index (χ2n) is 3.59. The molecule has 0 saturated heterocycles. The molecule has 1 atom stereocenters. The number of nitro benzene ring substituents is 1. The average molecular weight is 224 g/mol. The van der Waals surface area contributed by atoms with E-state index in [4.69, 9.17) is 4.74 Å². The molecule has 1 N–H and O–H groups in total. The van der Waals surface area contributed by atoms with Gasteiger partial charge in [0.05, 0.1) is 12.0 Å². The van der Waals surface area contributed by atoms with Crippen LogP contribution in [0.3, 0.4) is 0 Å². The molecule has 5 nitrogen and oxygen atoms in total. The van der Waals surface area contributed by atoms with Gasteiger partial charge in [0.25, 0.3) is 5.69 Å². The Morgan fingerprint density at radius 3 is 2.75 bits per heavy atom. The van der Waals surface area contributed by atoms with E-state index in [0.29, 0.717) is 11.4 Å². The van der Waals surface area contributed by atoms with Crippen LogP contribution < -0.4 is 10.1 Å². The lowest BCUT2D eigenvalue weighted by atomic mass is 10.2. The first-order valence-corrected chi connectivity index (χ1v) is 5.17. The standard InChI is InChI=1S/C11H16N2O3/c1-4-8(2)12-10-7-9(16-3)5-6-11(10)13(14)15/h5-8,12H,4H2,1-3H3. The molecule has 0 saturated carbocycles. The smallest absolute Gasteiger partial charge is 0.292 e. The van der Waals surface area contributed by atoms with Gasteiger partial charge < -0.3 is 10.1 Å². The minimum absolute atomic E-state index is 0.0705. The zero-order chi connectivity index (χ0) is 12.1. The molecular formula is C11H16N2O3. The minimum Gasteiger partial charge on any atom is -0.497 e. The molecule has 0 aliphatic carbocycles. The van der Waals surface area contributed by atoms with Gasteiger partial charge in [0.1, 0.15) is 11.4 Å². The normalized spacial score (nSPS) is 11.9. The first-order valence-electron chi connectivity index (χ1n) is 5.17. The van der Waals surface area contributed by atoms with Crippen molar-refractivity contribution in [1.82, 2.24) is 0 Å². The molecule has 16 heavy (non-hydrogen) atoms. The SMILES string of the molecule is CCC(C)Nc1cc(OC)ccc1[N+](=O)[O-]. The third kappa shape index (κ3) is 2.85. The number of ether oxygens (including phenoxy) is 1. The van der Waals surface area contributed by atoms with Crippen LogP contribution in [0, 0.1) is 10.1 Å². The van der Waals surface area contributed by atoms with Crippen LogP contribution >= 0.6 is 0 Å². The summed E-state index contributed by atoms with van der Waals surface area (Å²) < 4.78 is 5.04. The number of anilines is 1. The number of methoxy groups -OCH3 is 1. The van der Waals surface area contributed by atoms with Crippen molar-refractivity contribution < 1.29 is 9.66 Å². The van der Waals surface area contributed by atoms with Crippen molar-refractivity contribution in [2.24, 2.45) is 0 Å². The third-order valence-electron chi connectivity index (χ3n) is 2.41. The zero-order valence-corrected chi connectivity index (χ0v) is 9.69. The number of nitrogens with one attached hydrogen (secondary N) is 1. The average Bonchev–Trinajstić information content (AvgIpc) is 2.28. The molecule has 0 spiro atoms. The van der Waals surface area contributed by atoms with Gasteiger partial charge in [-0.3, -0.25) is 10.1 Å². The van der Waals surface area contributed by atoms with Crippen molar-refractivity contribution in [3.8, 4) is 5.75 Å². The second kappa shape index (κ2) is 5.34. The molecule has 1 rings (SSSR count). The molecule has 0 aliphatic heterocycles. The Hall–Kier alpha value is -1.78. The lowest BCUT2D eigenvalue weighted by Crippen LogP contribution is -2.14. The van der Waals surface area contributed by atoms with Crippen LogP contribution in [-0.4, -0.2) is 18.1 Å². The molecule has 1 aromatic carbocycles. The van der Waals surface area contributed by atoms with Crippen LogP contribution in [0.1, 0.15) is 20.3 Å². The molecule has 0 fully saturated rings. The molecule has 1 unspecified atom stereocenters. The van der Waals surface area contributed by atoms with Crippen LogP contribution in [0.2, 0.25) is 0 Å². The number of hydrogen-bond acceptors (Lipinski definition) is 4. The first kappa shape index (κ1) is 12.3. The van der Waals surface area contributed by atoms with Crippen LogP contribution in [-0.2, 0) is 0 Å². The Balaban J connectivity index is 3.05. The fourth-order valence-corrected chi connectivity index (χ4v) is 1.28. The summed E-state index contributed by atoms with van der Waals surface area (Å²) in [5.41, 5.74) is 0.569. The highest BCUT2D eigenvalue weighted by Crippen LogP contribution is 2.29. The molecule has 88 valence electrons. The quantitative estimate of drug-likeness (QED) is 0.617. The van der Waals surface area contributed by atoms with Gasteiger partial charge in [-0.05, 0) is 19.4 Å². The molecule has 0 heterocycles. The summed E-state index contributed by atoms with van der Waals surface area (Å²) in [6, 6.07) is 4.86. The predicted octanol–water partition coefficient (Wildman–Crippen LogP) is 2.81. The summed E-state index contributed by atoms with van der Waals surface area (Å²) >= 11 is 0. The molecule has 0 radical (unpaired) electrons. The highest BCUT2D eigenvalue weighted by Gasteiger charge is 2.15. The van der Waals surface area contributed by atoms with E-state index in [1.54, 1.807) is 12.1 Å². The Morgan fingerprint density at radius 1 is 1.56 bits per heavy atom. The second-order valence-corrected chi connectivity index (χ2v) is 3.59. The van der Waals surface area contributed by atoms with Gasteiger partial charge in [-0.15, -0.1) is 0 Å². The van der Waals surface area contributed by atoms with E-state index in [9.17, 15) is 10.1 Å². The van der Waals surface area contributed by atoms with Crippen molar-refractivity contribution in [2.45, 2.75) is 26.3 Å². The van der Waals surface area contributed by atoms with E-state index >= 15 is 0 Å². The molecule has 5 heteroatoms. The minimum atomic E-state index is -0.399. The van der Waals surface area contributed by atoms with Crippen LogP contribution in [0.25, 0.3) is 0 Å². The largest absolute Gasteiger partial charge is 0.497 e. The van der Waals surface area contributed by atoms with Crippen molar-refractivity contribution in [1.29, 1.82) is 0 Å². The molecule has 0 aromatic heterocycles. The predicted molar refractivity (Wildman–Crippen MR) is 63.0 cm³/mol. The Labute approximate surface area is 94.6 Å². The van der Waals surface area contributed by atoms with Crippen molar-refractivity contribution in [3.05, 3.63) is 28.3 Å². The van der Waals surface area contributed by atoms with Crippen molar-refractivity contribution >= 4 is 11.4 Å². The first-order chi connectivity index (χ1) is 7.58. The van der Waals surface area contributed by atoms with Gasteiger partial charge in [-0.25, -0.2) is 0 Å². The van der Waals surface area contributed by atoms with E-state index in [2.05, 4.69) is 5.32 Å². The van der Waals surface area contributed by atoms with Gasteiger partial charge in [-0.2, -0.15) is 0 Å². The Bertz CT molecular complexity index is 379. The van der Waals surface area contributed by atoms with E-state index in [0.717, 1.165) is 6.42 Å². The molecule has 0 amide bonds. The third-order valence-corrected chi connectivity index (χ3v) is 2.41. The highest BCUT2D eigenvalue weighted by atomic mass is 16.6. The molecule has 0 bridgehead atoms. The molecule has 0 aliphatic rings. The lowest BCUT2D eigenvalue weighted by molar-refractivity contribution is -0.384. The number of nitrogens with zero attached hydrogens (tertiary/aromatic N) is 1. The van der Waals surface area contributed by atoms with Crippen LogP contribution in [0.4, 0.5) is 11.4 Å². The van der Waals surface area contributed by atoms with Crippen molar-refractivity contribution in [2.75, 3.05) is 12.4 Å². The number of hydrogen-bond donors (Lipinski definition) is 1. The van der Waals surface area contributed by atoms with Crippen molar-refractivity contribution in [3.63, 3.8) is 0 Å². The van der Waals surface area contributed by atoms with Gasteiger partial charge in [0.2, 0.25) is 0 Å². The number of nitro groups is 1. The monoisotopic (exact) mass is 224 g/mol. The highest BCUT2D eigenvalue weighted by molar-refractivity contribution is 5.64. The topological polar surface area (TPSA) is 64.4 Å². The van der Waals surface area contributed by atoms with Gasteiger partial charge in [0.15, 0.2) is 0 Å². The fraction of sp³-hybridized carbons (Fsp3) is 0.455. The summed E-state index contributed by atoms with van der Waals surface area (Å²) in [5.74, 6) is 0.608. The summed E-state index contributed by atoms with van der Waals surface area (Å²) in [5, 5.41) is 13.9. The van der Waals surface area contributed by atoms with Crippen LogP contribution in [0.15, 0.2) is 18.2 Å². The van der Waals surface area contributed by atoms with E-state index in [1.165, 1.54) is 13.2 Å². The number of rotatable bonds is 5. The summed E-state index contributed by atoms with van der Waals surface area (Å²) in [4.78, 5) is 10.4. The van der Waals surface area contributed by atoms with Gasteiger partial charge in [0, 0.05) is 18.2 Å². The van der Waals surface area contributed by atoms with Crippen LogP contribution in [0.5, 0.6) is 5.75 Å². The maximum absolute atomic E-state index is 10.8. The summed E-state index contributed by atoms with van der Waals surface area (Å²) in [6.45, 7) is 3.99. The molecular weight excluding hydrogens is 208 g/mol. The summed E-state index contributed by atoms with van der Waals surface area (Å²) in [7, 11) is 1.54.